The Morgan fingerprint density at radius 1 is 0.903 bits per heavy atom. The van der Waals surface area contributed by atoms with Crippen LogP contribution in [-0.2, 0) is 19.6 Å². The second kappa shape index (κ2) is 10.4. The first-order valence-corrected chi connectivity index (χ1v) is 13.9. The third-order valence-corrected chi connectivity index (χ3v) is 10.7. The lowest BCUT2D eigenvalue weighted by molar-refractivity contribution is -0.148. The highest BCUT2D eigenvalue weighted by molar-refractivity contribution is 6.74. The molecule has 0 saturated heterocycles. The number of hydrogen-bond acceptors (Lipinski definition) is 4. The summed E-state index contributed by atoms with van der Waals surface area (Å²) in [6, 6.07) is 19.1. The van der Waals surface area contributed by atoms with Gasteiger partial charge in [0.15, 0.2) is 14.1 Å². The van der Waals surface area contributed by atoms with E-state index in [0.717, 1.165) is 5.56 Å². The molecule has 0 heterocycles. The molecule has 0 bridgehead atoms. The molecule has 168 valence electrons. The highest BCUT2D eigenvalue weighted by Crippen LogP contribution is 2.45. The Labute approximate surface area is 188 Å². The molecule has 0 radical (unpaired) electrons. The van der Waals surface area contributed by atoms with E-state index in [1.807, 2.05) is 60.7 Å². The van der Waals surface area contributed by atoms with Crippen LogP contribution in [0, 0.1) is 0 Å². The SMILES string of the molecule is CCOC(=O)CC(CCC(=O)c1ccccc1)(O[Si](C)(C)C(C)(C)C)c1ccccc1. The number of hydrogen-bond donors (Lipinski definition) is 0. The van der Waals surface area contributed by atoms with Gasteiger partial charge < -0.3 is 9.16 Å². The molecule has 4 nitrogen and oxygen atoms in total. The summed E-state index contributed by atoms with van der Waals surface area (Å²) in [7, 11) is -2.28. The molecule has 1 unspecified atom stereocenters. The van der Waals surface area contributed by atoms with Crippen LogP contribution in [0.2, 0.25) is 18.1 Å². The predicted molar refractivity (Wildman–Crippen MR) is 128 cm³/mol. The Kier molecular flexibility index (Phi) is 8.38. The van der Waals surface area contributed by atoms with E-state index in [0.29, 0.717) is 18.6 Å². The monoisotopic (exact) mass is 440 g/mol. The van der Waals surface area contributed by atoms with Gasteiger partial charge >= 0.3 is 5.97 Å². The van der Waals surface area contributed by atoms with Crippen LogP contribution < -0.4 is 0 Å². The van der Waals surface area contributed by atoms with E-state index >= 15 is 0 Å². The second-order valence-electron chi connectivity index (χ2n) is 9.49. The van der Waals surface area contributed by atoms with Crippen LogP contribution in [0.3, 0.4) is 0 Å². The van der Waals surface area contributed by atoms with Crippen LogP contribution in [0.1, 0.15) is 62.9 Å². The molecular weight excluding hydrogens is 404 g/mol. The Hall–Kier alpha value is -2.24. The highest BCUT2D eigenvalue weighted by Gasteiger charge is 2.47. The lowest BCUT2D eigenvalue weighted by Crippen LogP contribution is -2.49. The Bertz CT molecular complexity index is 856. The molecule has 0 aliphatic carbocycles. The highest BCUT2D eigenvalue weighted by atomic mass is 28.4. The number of carbonyl (C=O) groups is 2. The molecule has 0 aromatic heterocycles. The number of carbonyl (C=O) groups excluding carboxylic acids is 2. The van der Waals surface area contributed by atoms with Crippen molar-refractivity contribution < 1.29 is 18.8 Å². The number of rotatable bonds is 10. The number of benzene rings is 2. The molecule has 1 atom stereocenters. The molecular formula is C26H36O4Si. The first kappa shape index (κ1) is 25.0. The fourth-order valence-electron chi connectivity index (χ4n) is 3.39. The van der Waals surface area contributed by atoms with Crippen molar-refractivity contribution in [2.75, 3.05) is 6.61 Å². The fraction of sp³-hybridized carbons (Fsp3) is 0.462. The van der Waals surface area contributed by atoms with E-state index in [2.05, 4.69) is 33.9 Å². The second-order valence-corrected chi connectivity index (χ2v) is 14.2. The van der Waals surface area contributed by atoms with Crippen molar-refractivity contribution in [3.63, 3.8) is 0 Å². The molecule has 0 saturated carbocycles. The minimum atomic E-state index is -2.28. The summed E-state index contributed by atoms with van der Waals surface area (Å²) < 4.78 is 12.3. The predicted octanol–water partition coefficient (Wildman–Crippen LogP) is 6.52. The van der Waals surface area contributed by atoms with Gasteiger partial charge in [-0.15, -0.1) is 0 Å². The van der Waals surface area contributed by atoms with Crippen molar-refractivity contribution in [2.45, 2.75) is 70.7 Å². The minimum Gasteiger partial charge on any atom is -0.466 e. The van der Waals surface area contributed by atoms with E-state index in [1.54, 1.807) is 6.92 Å². The molecule has 0 fully saturated rings. The smallest absolute Gasteiger partial charge is 0.309 e. The maximum absolute atomic E-state index is 12.9. The Balaban J connectivity index is 2.47. The summed E-state index contributed by atoms with van der Waals surface area (Å²) in [5.41, 5.74) is 0.669. The van der Waals surface area contributed by atoms with Crippen LogP contribution in [0.4, 0.5) is 0 Å². The third kappa shape index (κ3) is 6.62. The van der Waals surface area contributed by atoms with Gasteiger partial charge in [0.25, 0.3) is 0 Å². The van der Waals surface area contributed by atoms with Crippen LogP contribution in [0.25, 0.3) is 0 Å². The molecule has 2 aromatic carbocycles. The van der Waals surface area contributed by atoms with Crippen LogP contribution >= 0.6 is 0 Å². The Morgan fingerprint density at radius 2 is 1.45 bits per heavy atom. The zero-order valence-corrected chi connectivity index (χ0v) is 20.7. The van der Waals surface area contributed by atoms with Crippen molar-refractivity contribution in [1.82, 2.24) is 0 Å². The lowest BCUT2D eigenvalue weighted by Gasteiger charge is -2.46. The molecule has 5 heteroatoms. The molecule has 31 heavy (non-hydrogen) atoms. The minimum absolute atomic E-state index is 0.0450. The first-order chi connectivity index (χ1) is 14.5. The molecule has 0 aliphatic rings. The van der Waals surface area contributed by atoms with Gasteiger partial charge in [0.05, 0.1) is 18.6 Å². The van der Waals surface area contributed by atoms with E-state index < -0.39 is 13.9 Å². The summed E-state index contributed by atoms with van der Waals surface area (Å²) in [4.78, 5) is 25.6. The number of esters is 1. The van der Waals surface area contributed by atoms with Gasteiger partial charge in [0.2, 0.25) is 0 Å². The van der Waals surface area contributed by atoms with Gasteiger partial charge in [-0.2, -0.15) is 0 Å². The maximum Gasteiger partial charge on any atom is 0.309 e. The average molecular weight is 441 g/mol. The van der Waals surface area contributed by atoms with Gasteiger partial charge in [-0.1, -0.05) is 81.4 Å². The first-order valence-electron chi connectivity index (χ1n) is 11.0. The van der Waals surface area contributed by atoms with Crippen molar-refractivity contribution in [3.05, 3.63) is 71.8 Å². The number of Topliss-reactive ketones (excluding diaryl/α,β-unsaturated/α-hetero) is 1. The van der Waals surface area contributed by atoms with Gasteiger partial charge in [0.1, 0.15) is 0 Å². The summed E-state index contributed by atoms with van der Waals surface area (Å²) >= 11 is 0. The lowest BCUT2D eigenvalue weighted by atomic mass is 9.85. The number of ketones is 1. The zero-order valence-electron chi connectivity index (χ0n) is 19.7. The molecule has 0 amide bonds. The van der Waals surface area contributed by atoms with Gasteiger partial charge in [-0.3, -0.25) is 9.59 Å². The quantitative estimate of drug-likeness (QED) is 0.240. The normalized spacial score (nSPS) is 14.0. The summed E-state index contributed by atoms with van der Waals surface area (Å²) in [5, 5.41) is -0.0505. The number of ether oxygens (including phenoxy) is 1. The van der Waals surface area contributed by atoms with Gasteiger partial charge in [-0.25, -0.2) is 0 Å². The summed E-state index contributed by atoms with van der Waals surface area (Å²) in [6.07, 6.45) is 0.780. The summed E-state index contributed by atoms with van der Waals surface area (Å²) in [6.45, 7) is 13.0. The molecule has 0 spiro atoms. The third-order valence-electron chi connectivity index (χ3n) is 6.14. The molecule has 2 aromatic rings. The topological polar surface area (TPSA) is 52.6 Å². The van der Waals surface area contributed by atoms with Crippen LogP contribution in [0.15, 0.2) is 60.7 Å². The zero-order chi connectivity index (χ0) is 23.1. The molecule has 0 N–H and O–H groups in total. The van der Waals surface area contributed by atoms with E-state index in [-0.39, 0.29) is 29.6 Å². The fourth-order valence-corrected chi connectivity index (χ4v) is 4.97. The molecule has 2 rings (SSSR count). The van der Waals surface area contributed by atoms with Crippen LogP contribution in [-0.4, -0.2) is 26.7 Å². The molecule has 0 aliphatic heterocycles. The average Bonchev–Trinajstić information content (AvgIpc) is 2.72. The van der Waals surface area contributed by atoms with Crippen LogP contribution in [0.5, 0.6) is 0 Å². The van der Waals surface area contributed by atoms with E-state index in [9.17, 15) is 9.59 Å². The van der Waals surface area contributed by atoms with Crippen molar-refractivity contribution >= 4 is 20.1 Å². The van der Waals surface area contributed by atoms with Crippen molar-refractivity contribution in [1.29, 1.82) is 0 Å². The summed E-state index contributed by atoms with van der Waals surface area (Å²) in [5.74, 6) is -0.263. The largest absolute Gasteiger partial charge is 0.466 e. The van der Waals surface area contributed by atoms with Crippen molar-refractivity contribution in [3.8, 4) is 0 Å². The van der Waals surface area contributed by atoms with Gasteiger partial charge in [0, 0.05) is 12.0 Å². The standard InChI is InChI=1S/C26H36O4Si/c1-7-29-24(28)20-26(22-16-12-9-13-17-22,30-31(5,6)25(2,3)4)19-18-23(27)21-14-10-8-11-15-21/h8-17H,7,18-20H2,1-6H3. The van der Waals surface area contributed by atoms with E-state index in [4.69, 9.17) is 9.16 Å². The van der Waals surface area contributed by atoms with E-state index in [1.165, 1.54) is 0 Å². The Morgan fingerprint density at radius 3 is 1.97 bits per heavy atom. The van der Waals surface area contributed by atoms with Gasteiger partial charge in [-0.05, 0) is 37.0 Å². The maximum atomic E-state index is 12.9. The van der Waals surface area contributed by atoms with Crippen molar-refractivity contribution in [2.24, 2.45) is 0 Å².